The summed E-state index contributed by atoms with van der Waals surface area (Å²) in [4.78, 5) is 25.1. The van der Waals surface area contributed by atoms with Crippen LogP contribution in [0.2, 0.25) is 0 Å². The van der Waals surface area contributed by atoms with Gasteiger partial charge in [0.15, 0.2) is 0 Å². The van der Waals surface area contributed by atoms with Crippen LogP contribution in [0.4, 0.5) is 5.95 Å². The molecule has 23 heavy (non-hydrogen) atoms. The maximum absolute atomic E-state index is 12.5. The standard InChI is InChI=1S/C15H16N6O2/c1-7-5-8(2)18-15(17-7)20-19-13(22)11-6-9(3)16-14-12(11)10(4)21-23-14/h5-6H,1-4H3,(H,19,22)(H,17,18,20). The molecule has 0 radical (unpaired) electrons. The molecular formula is C15H16N6O2. The Morgan fingerprint density at radius 2 is 1.65 bits per heavy atom. The lowest BCUT2D eigenvalue weighted by Gasteiger charge is -2.09. The van der Waals surface area contributed by atoms with Gasteiger partial charge in [-0.15, -0.1) is 0 Å². The minimum absolute atomic E-state index is 0.333. The third kappa shape index (κ3) is 2.96. The van der Waals surface area contributed by atoms with Crippen LogP contribution in [0.15, 0.2) is 16.7 Å². The molecule has 8 heteroatoms. The van der Waals surface area contributed by atoms with Crippen LogP contribution in [0.5, 0.6) is 0 Å². The fraction of sp³-hybridized carbons (Fsp3) is 0.267. The largest absolute Gasteiger partial charge is 0.336 e. The molecule has 0 aliphatic rings. The molecular weight excluding hydrogens is 296 g/mol. The number of aryl methyl sites for hydroxylation is 4. The van der Waals surface area contributed by atoms with E-state index in [2.05, 4.69) is 31.0 Å². The summed E-state index contributed by atoms with van der Waals surface area (Å²) in [7, 11) is 0. The molecule has 3 aromatic heterocycles. The number of nitrogens with one attached hydrogen (secondary N) is 2. The van der Waals surface area contributed by atoms with Gasteiger partial charge in [-0.25, -0.2) is 15.0 Å². The van der Waals surface area contributed by atoms with E-state index in [0.717, 1.165) is 11.4 Å². The lowest BCUT2D eigenvalue weighted by atomic mass is 10.1. The average molecular weight is 312 g/mol. The SMILES string of the molecule is Cc1cc(C)nc(NNC(=O)c2cc(C)nc3onc(C)c23)n1. The van der Waals surface area contributed by atoms with Gasteiger partial charge in [-0.1, -0.05) is 5.16 Å². The molecule has 0 aliphatic heterocycles. The number of carbonyl (C=O) groups is 1. The van der Waals surface area contributed by atoms with Gasteiger partial charge in [0.1, 0.15) is 0 Å². The predicted octanol–water partition coefficient (Wildman–Crippen LogP) is 2.00. The van der Waals surface area contributed by atoms with Crippen molar-refractivity contribution in [3.63, 3.8) is 0 Å². The highest BCUT2D eigenvalue weighted by Crippen LogP contribution is 2.21. The van der Waals surface area contributed by atoms with E-state index in [9.17, 15) is 4.79 Å². The molecule has 0 aromatic carbocycles. The van der Waals surface area contributed by atoms with Crippen molar-refractivity contribution in [2.24, 2.45) is 0 Å². The lowest BCUT2D eigenvalue weighted by molar-refractivity contribution is 0.0963. The molecule has 1 amide bonds. The number of hydrogen-bond acceptors (Lipinski definition) is 7. The Balaban J connectivity index is 1.87. The van der Waals surface area contributed by atoms with E-state index >= 15 is 0 Å². The smallest absolute Gasteiger partial charge is 0.270 e. The number of amides is 1. The molecule has 3 rings (SSSR count). The first-order chi connectivity index (χ1) is 10.9. The molecule has 0 fully saturated rings. The molecule has 0 spiro atoms. The fourth-order valence-electron chi connectivity index (χ4n) is 2.36. The van der Waals surface area contributed by atoms with Gasteiger partial charge in [0.05, 0.1) is 16.6 Å². The van der Waals surface area contributed by atoms with E-state index in [4.69, 9.17) is 4.52 Å². The van der Waals surface area contributed by atoms with E-state index in [1.165, 1.54) is 0 Å². The van der Waals surface area contributed by atoms with Gasteiger partial charge < -0.3 is 4.52 Å². The van der Waals surface area contributed by atoms with Gasteiger partial charge in [-0.05, 0) is 39.8 Å². The Morgan fingerprint density at radius 1 is 1.00 bits per heavy atom. The zero-order valence-electron chi connectivity index (χ0n) is 13.3. The van der Waals surface area contributed by atoms with Crippen molar-refractivity contribution in [2.75, 3.05) is 5.43 Å². The predicted molar refractivity (Wildman–Crippen MR) is 83.9 cm³/mol. The molecule has 0 unspecified atom stereocenters. The molecule has 0 aliphatic carbocycles. The Kier molecular flexibility index (Phi) is 3.65. The summed E-state index contributed by atoms with van der Waals surface area (Å²) in [6.45, 7) is 7.27. The number of carbonyl (C=O) groups excluding carboxylic acids is 1. The number of aromatic nitrogens is 4. The number of fused-ring (bicyclic) bond motifs is 1. The second-order valence-electron chi connectivity index (χ2n) is 5.31. The zero-order valence-corrected chi connectivity index (χ0v) is 13.3. The number of nitrogens with zero attached hydrogens (tertiary/aromatic N) is 4. The van der Waals surface area contributed by atoms with Crippen molar-refractivity contribution < 1.29 is 9.32 Å². The lowest BCUT2D eigenvalue weighted by Crippen LogP contribution is -2.30. The fourth-order valence-corrected chi connectivity index (χ4v) is 2.36. The van der Waals surface area contributed by atoms with Crippen LogP contribution in [0.3, 0.4) is 0 Å². The second-order valence-corrected chi connectivity index (χ2v) is 5.31. The summed E-state index contributed by atoms with van der Waals surface area (Å²) in [5.41, 5.74) is 9.00. The van der Waals surface area contributed by atoms with Crippen LogP contribution in [-0.4, -0.2) is 26.0 Å². The van der Waals surface area contributed by atoms with Crippen LogP contribution in [0, 0.1) is 27.7 Å². The van der Waals surface area contributed by atoms with Gasteiger partial charge in [0.2, 0.25) is 5.95 Å². The summed E-state index contributed by atoms with van der Waals surface area (Å²) in [6.07, 6.45) is 0. The van der Waals surface area contributed by atoms with Crippen LogP contribution in [0.25, 0.3) is 11.1 Å². The number of hydrogen-bond donors (Lipinski definition) is 2. The summed E-state index contributed by atoms with van der Waals surface area (Å²) in [5, 5.41) is 4.45. The normalized spacial score (nSPS) is 10.8. The van der Waals surface area contributed by atoms with E-state index < -0.39 is 0 Å². The second kappa shape index (κ2) is 5.64. The molecule has 0 saturated heterocycles. The first kappa shape index (κ1) is 14.9. The maximum Gasteiger partial charge on any atom is 0.270 e. The first-order valence-corrected chi connectivity index (χ1v) is 7.06. The van der Waals surface area contributed by atoms with E-state index in [1.54, 1.807) is 19.9 Å². The Morgan fingerprint density at radius 3 is 2.35 bits per heavy atom. The Bertz CT molecular complexity index is 882. The molecule has 0 saturated carbocycles. The number of anilines is 1. The zero-order chi connectivity index (χ0) is 16.6. The topological polar surface area (TPSA) is 106 Å². The number of pyridine rings is 1. The minimum atomic E-state index is -0.338. The van der Waals surface area contributed by atoms with Crippen molar-refractivity contribution >= 4 is 23.0 Å². The number of hydrazine groups is 1. The number of rotatable bonds is 3. The van der Waals surface area contributed by atoms with Crippen molar-refractivity contribution in [3.05, 3.63) is 40.5 Å². The van der Waals surface area contributed by atoms with Crippen LogP contribution < -0.4 is 10.9 Å². The first-order valence-electron chi connectivity index (χ1n) is 7.06. The quantitative estimate of drug-likeness (QED) is 0.712. The monoisotopic (exact) mass is 312 g/mol. The van der Waals surface area contributed by atoms with Crippen molar-refractivity contribution in [2.45, 2.75) is 27.7 Å². The molecule has 3 aromatic rings. The molecule has 3 heterocycles. The van der Waals surface area contributed by atoms with Gasteiger partial charge in [-0.3, -0.25) is 15.6 Å². The van der Waals surface area contributed by atoms with Crippen molar-refractivity contribution in [1.29, 1.82) is 0 Å². The van der Waals surface area contributed by atoms with Gasteiger partial charge in [0, 0.05) is 17.1 Å². The summed E-state index contributed by atoms with van der Waals surface area (Å²) < 4.78 is 5.13. The van der Waals surface area contributed by atoms with Gasteiger partial charge in [0.25, 0.3) is 11.6 Å². The molecule has 8 nitrogen and oxygen atoms in total. The highest BCUT2D eigenvalue weighted by molar-refractivity contribution is 6.06. The summed E-state index contributed by atoms with van der Waals surface area (Å²) in [5.74, 6) is -0.00512. The summed E-state index contributed by atoms with van der Waals surface area (Å²) >= 11 is 0. The van der Waals surface area contributed by atoms with Crippen LogP contribution in [-0.2, 0) is 0 Å². The third-order valence-electron chi connectivity index (χ3n) is 3.26. The molecule has 0 bridgehead atoms. The minimum Gasteiger partial charge on any atom is -0.336 e. The van der Waals surface area contributed by atoms with E-state index in [1.807, 2.05) is 19.9 Å². The Labute approximate surface area is 132 Å². The van der Waals surface area contributed by atoms with Gasteiger partial charge >= 0.3 is 0 Å². The molecule has 2 N–H and O–H groups in total. The van der Waals surface area contributed by atoms with Crippen molar-refractivity contribution in [1.82, 2.24) is 25.5 Å². The summed E-state index contributed by atoms with van der Waals surface area (Å²) in [6, 6.07) is 3.54. The Hall–Kier alpha value is -3.03. The highest BCUT2D eigenvalue weighted by Gasteiger charge is 2.17. The molecule has 0 atom stereocenters. The molecule has 118 valence electrons. The van der Waals surface area contributed by atoms with Gasteiger partial charge in [-0.2, -0.15) is 0 Å². The van der Waals surface area contributed by atoms with Crippen LogP contribution >= 0.6 is 0 Å². The third-order valence-corrected chi connectivity index (χ3v) is 3.26. The average Bonchev–Trinajstić information content (AvgIpc) is 2.84. The van der Waals surface area contributed by atoms with Crippen LogP contribution in [0.1, 0.15) is 33.1 Å². The van der Waals surface area contributed by atoms with Crippen molar-refractivity contribution in [3.8, 4) is 0 Å². The van der Waals surface area contributed by atoms with E-state index in [-0.39, 0.29) is 5.91 Å². The van der Waals surface area contributed by atoms with E-state index in [0.29, 0.717) is 34.0 Å². The maximum atomic E-state index is 12.5. The highest BCUT2D eigenvalue weighted by atomic mass is 16.5.